The fraction of sp³-hybridized carbons (Fsp3) is 0.483. The van der Waals surface area contributed by atoms with Crippen LogP contribution in [0.1, 0.15) is 67.9 Å². The number of benzene rings is 1. The summed E-state index contributed by atoms with van der Waals surface area (Å²) in [4.78, 5) is 33.0. The maximum Gasteiger partial charge on any atom is 0.255 e. The van der Waals surface area contributed by atoms with Gasteiger partial charge in [-0.25, -0.2) is 4.39 Å². The Morgan fingerprint density at radius 2 is 1.76 bits per heavy atom. The number of hydrogen-bond acceptors (Lipinski definition) is 5. The number of H-pyrrole nitrogens is 1. The number of aryl methyl sites for hydroxylation is 1. The van der Waals surface area contributed by atoms with Crippen LogP contribution in [0.3, 0.4) is 0 Å². The predicted octanol–water partition coefficient (Wildman–Crippen LogP) is 5.04. The third-order valence-corrected chi connectivity index (χ3v) is 7.57. The van der Waals surface area contributed by atoms with E-state index in [0.29, 0.717) is 58.1 Å². The Morgan fingerprint density at radius 1 is 1.05 bits per heavy atom. The number of rotatable bonds is 9. The summed E-state index contributed by atoms with van der Waals surface area (Å²) < 4.78 is 26.1. The van der Waals surface area contributed by atoms with E-state index in [9.17, 15) is 14.0 Å². The van der Waals surface area contributed by atoms with Crippen LogP contribution in [0.5, 0.6) is 11.5 Å². The van der Waals surface area contributed by atoms with E-state index in [4.69, 9.17) is 9.47 Å². The van der Waals surface area contributed by atoms with E-state index >= 15 is 0 Å². The molecule has 1 aromatic carbocycles. The number of methoxy groups -OCH3 is 1. The molecule has 8 nitrogen and oxygen atoms in total. The molecule has 38 heavy (non-hydrogen) atoms. The SMILES string of the molecule is CCC(=O)N[C@H]1CC[C@@H](NC(=O)c2c(C)[nH]c3c(-c4cc(F)c(OC)cc4OCC4CC4)ccnc23)CC1. The summed E-state index contributed by atoms with van der Waals surface area (Å²) in [5, 5.41) is 6.21. The molecule has 0 bridgehead atoms. The van der Waals surface area contributed by atoms with Crippen LogP contribution >= 0.6 is 0 Å². The Labute approximate surface area is 221 Å². The Balaban J connectivity index is 1.40. The lowest BCUT2D eigenvalue weighted by Gasteiger charge is -2.29. The van der Waals surface area contributed by atoms with Crippen molar-refractivity contribution in [2.24, 2.45) is 5.92 Å². The summed E-state index contributed by atoms with van der Waals surface area (Å²) in [6.07, 6.45) is 7.64. The zero-order chi connectivity index (χ0) is 26.8. The minimum atomic E-state index is -0.488. The van der Waals surface area contributed by atoms with Crippen LogP contribution in [-0.2, 0) is 4.79 Å². The molecule has 3 N–H and O–H groups in total. The average Bonchev–Trinajstić information content (AvgIpc) is 3.68. The van der Waals surface area contributed by atoms with Gasteiger partial charge in [0.1, 0.15) is 11.3 Å². The Bertz CT molecular complexity index is 1340. The fourth-order valence-corrected chi connectivity index (χ4v) is 5.19. The molecule has 2 fully saturated rings. The first-order chi connectivity index (χ1) is 18.4. The zero-order valence-corrected chi connectivity index (χ0v) is 22.2. The van der Waals surface area contributed by atoms with Gasteiger partial charge in [0.25, 0.3) is 5.91 Å². The van der Waals surface area contributed by atoms with Crippen molar-refractivity contribution in [2.75, 3.05) is 13.7 Å². The maximum atomic E-state index is 14.8. The highest BCUT2D eigenvalue weighted by Gasteiger charge is 2.27. The second-order valence-electron chi connectivity index (χ2n) is 10.4. The van der Waals surface area contributed by atoms with Gasteiger partial charge < -0.3 is 25.1 Å². The number of aromatic nitrogens is 2. The number of ether oxygens (including phenoxy) is 2. The number of aromatic amines is 1. The van der Waals surface area contributed by atoms with Crippen molar-refractivity contribution in [1.82, 2.24) is 20.6 Å². The first-order valence-corrected chi connectivity index (χ1v) is 13.5. The van der Waals surface area contributed by atoms with E-state index in [0.717, 1.165) is 38.5 Å². The topological polar surface area (TPSA) is 105 Å². The molecule has 2 heterocycles. The van der Waals surface area contributed by atoms with E-state index in [1.165, 1.54) is 13.2 Å². The van der Waals surface area contributed by atoms with Crippen molar-refractivity contribution in [2.45, 2.75) is 70.9 Å². The second kappa shape index (κ2) is 11.0. The van der Waals surface area contributed by atoms with Crippen molar-refractivity contribution in [3.63, 3.8) is 0 Å². The number of hydrogen-bond donors (Lipinski definition) is 3. The first-order valence-electron chi connectivity index (χ1n) is 13.5. The van der Waals surface area contributed by atoms with Crippen LogP contribution in [0.15, 0.2) is 24.4 Å². The molecular formula is C29H35FN4O4. The molecule has 0 spiro atoms. The lowest BCUT2D eigenvalue weighted by molar-refractivity contribution is -0.121. The molecule has 0 atom stereocenters. The van der Waals surface area contributed by atoms with Crippen LogP contribution in [-0.4, -0.2) is 47.6 Å². The molecule has 2 aliphatic rings. The fourth-order valence-electron chi connectivity index (χ4n) is 5.19. The van der Waals surface area contributed by atoms with E-state index in [1.54, 1.807) is 18.3 Å². The van der Waals surface area contributed by atoms with E-state index < -0.39 is 5.82 Å². The molecule has 202 valence electrons. The molecule has 3 aromatic rings. The number of carbonyl (C=O) groups excluding carboxylic acids is 2. The Hall–Kier alpha value is -3.62. The first kappa shape index (κ1) is 26.0. The van der Waals surface area contributed by atoms with Gasteiger partial charge in [0.05, 0.1) is 24.8 Å². The Kier molecular flexibility index (Phi) is 7.53. The maximum absolute atomic E-state index is 14.8. The van der Waals surface area contributed by atoms with Gasteiger partial charge >= 0.3 is 0 Å². The van der Waals surface area contributed by atoms with Gasteiger partial charge in [-0.15, -0.1) is 0 Å². The second-order valence-corrected chi connectivity index (χ2v) is 10.4. The summed E-state index contributed by atoms with van der Waals surface area (Å²) >= 11 is 0. The minimum Gasteiger partial charge on any atom is -0.494 e. The van der Waals surface area contributed by atoms with E-state index in [-0.39, 0.29) is 29.6 Å². The number of halogens is 1. The molecule has 9 heteroatoms. The Morgan fingerprint density at radius 3 is 2.42 bits per heavy atom. The smallest absolute Gasteiger partial charge is 0.255 e. The van der Waals surface area contributed by atoms with Crippen LogP contribution in [0, 0.1) is 18.7 Å². The number of amides is 2. The number of pyridine rings is 1. The van der Waals surface area contributed by atoms with Crippen molar-refractivity contribution in [1.29, 1.82) is 0 Å². The molecule has 0 aliphatic heterocycles. The van der Waals surface area contributed by atoms with Gasteiger partial charge in [0.2, 0.25) is 5.91 Å². The van der Waals surface area contributed by atoms with Crippen LogP contribution in [0.25, 0.3) is 22.2 Å². The van der Waals surface area contributed by atoms with Crippen molar-refractivity contribution in [3.8, 4) is 22.6 Å². The molecule has 2 aliphatic carbocycles. The molecule has 2 amide bonds. The summed E-state index contributed by atoms with van der Waals surface area (Å²) in [6, 6.07) is 5.00. The van der Waals surface area contributed by atoms with Gasteiger partial charge in [-0.3, -0.25) is 14.6 Å². The lowest BCUT2D eigenvalue weighted by atomic mass is 9.91. The highest BCUT2D eigenvalue weighted by Crippen LogP contribution is 2.40. The van der Waals surface area contributed by atoms with E-state index in [2.05, 4.69) is 20.6 Å². The van der Waals surface area contributed by atoms with Crippen molar-refractivity contribution < 1.29 is 23.5 Å². The summed E-state index contributed by atoms with van der Waals surface area (Å²) in [5.41, 5.74) is 3.65. The van der Waals surface area contributed by atoms with Crippen LogP contribution in [0.2, 0.25) is 0 Å². The normalized spacial score (nSPS) is 19.3. The number of nitrogens with one attached hydrogen (secondary N) is 3. The van der Waals surface area contributed by atoms with E-state index in [1.807, 2.05) is 13.8 Å². The standard InChI is InChI=1S/C29H35FN4O4/c1-4-25(35)33-18-7-9-19(10-8-18)34-29(36)26-16(2)32-27-20(11-12-31-28(26)27)21-13-22(30)24(37-3)14-23(21)38-15-17-5-6-17/h11-14,17-19,32H,4-10,15H2,1-3H3,(H,33,35)(H,34,36)/t18-,19+. The molecular weight excluding hydrogens is 487 g/mol. The minimum absolute atomic E-state index is 0.0305. The average molecular weight is 523 g/mol. The predicted molar refractivity (Wildman–Crippen MR) is 143 cm³/mol. The third kappa shape index (κ3) is 5.47. The quantitative estimate of drug-likeness (QED) is 0.365. The molecule has 2 saturated carbocycles. The molecule has 2 aromatic heterocycles. The van der Waals surface area contributed by atoms with Gasteiger partial charge in [0.15, 0.2) is 11.6 Å². The number of fused-ring (bicyclic) bond motifs is 1. The molecule has 5 rings (SSSR count). The molecule has 0 saturated heterocycles. The summed E-state index contributed by atoms with van der Waals surface area (Å²) in [7, 11) is 1.43. The van der Waals surface area contributed by atoms with Gasteiger partial charge in [-0.1, -0.05) is 6.92 Å². The van der Waals surface area contributed by atoms with Crippen LogP contribution < -0.4 is 20.1 Å². The molecule has 0 radical (unpaired) electrons. The van der Waals surface area contributed by atoms with Gasteiger partial charge in [-0.05, 0) is 63.5 Å². The zero-order valence-electron chi connectivity index (χ0n) is 22.2. The monoisotopic (exact) mass is 522 g/mol. The number of nitrogens with zero attached hydrogens (tertiary/aromatic N) is 1. The highest BCUT2D eigenvalue weighted by molar-refractivity contribution is 6.09. The largest absolute Gasteiger partial charge is 0.494 e. The van der Waals surface area contributed by atoms with Crippen molar-refractivity contribution in [3.05, 3.63) is 41.5 Å². The summed E-state index contributed by atoms with van der Waals surface area (Å²) in [5.74, 6) is 0.567. The highest BCUT2D eigenvalue weighted by atomic mass is 19.1. The number of carbonyl (C=O) groups is 2. The summed E-state index contributed by atoms with van der Waals surface area (Å²) in [6.45, 7) is 4.26. The lowest BCUT2D eigenvalue weighted by Crippen LogP contribution is -2.43. The molecule has 0 unspecified atom stereocenters. The van der Waals surface area contributed by atoms with Gasteiger partial charge in [-0.2, -0.15) is 0 Å². The van der Waals surface area contributed by atoms with Gasteiger partial charge in [0, 0.05) is 47.6 Å². The van der Waals surface area contributed by atoms with Crippen molar-refractivity contribution >= 4 is 22.8 Å². The van der Waals surface area contributed by atoms with Crippen LogP contribution in [0.4, 0.5) is 4.39 Å². The third-order valence-electron chi connectivity index (χ3n) is 7.57.